The molecule has 9 heteroatoms. The lowest BCUT2D eigenvalue weighted by Crippen LogP contribution is -2.10. The predicted octanol–water partition coefficient (Wildman–Crippen LogP) is 39.4. The molecular weight excluding hydrogens is 1810 g/mol. The lowest BCUT2D eigenvalue weighted by atomic mass is 10.0. The van der Waals surface area contributed by atoms with Gasteiger partial charge in [-0.25, -0.2) is 0 Å². The second kappa shape index (κ2) is 36.0. The van der Waals surface area contributed by atoms with Crippen LogP contribution in [0.2, 0.25) is 0 Å². The molecule has 0 fully saturated rings. The molecule has 0 bridgehead atoms. The van der Waals surface area contributed by atoms with Crippen molar-refractivity contribution in [3.05, 3.63) is 546 Å². The fraction of sp³-hybridized carbons (Fsp3) is 0. The van der Waals surface area contributed by atoms with Gasteiger partial charge in [-0.15, -0.1) is 11.3 Å². The SMILES string of the molecule is c1ccc(-n2c3ccccc3c3cc(-c4ccc(N(c5ccc6ccccc6c5)c5ccc6oc7ccccc7c6c5)cc4)ccc32)cc1.c1ccc(-n2c3ccccc3c3cc(-c4ccc(N(c5ccc6ccccc6c5)c5cccc6c5oc5ccccc56)cc4)ccc32)cc1.c1ccc(-n2c3ccccc3c3cc(-c4ccc(N(c5ccc6ccccc6c5)c5cccc6c5sc5ccccc56)cc4)ccc32)cc1. The number of aromatic nitrogens is 3. The molecule has 0 aliphatic rings. The number of hydrogen-bond donors (Lipinski definition) is 0. The maximum atomic E-state index is 6.55. The van der Waals surface area contributed by atoms with Crippen molar-refractivity contribution in [2.24, 2.45) is 0 Å². The second-order valence-corrected chi connectivity index (χ2v) is 38.8. The van der Waals surface area contributed by atoms with Crippen molar-refractivity contribution in [1.29, 1.82) is 0 Å². The summed E-state index contributed by atoms with van der Waals surface area (Å²) in [5.74, 6) is 0. The second-order valence-electron chi connectivity index (χ2n) is 37.8. The smallest absolute Gasteiger partial charge is 0.159 e. The van der Waals surface area contributed by atoms with E-state index in [0.717, 1.165) is 89.4 Å². The van der Waals surface area contributed by atoms with Gasteiger partial charge in [0.1, 0.15) is 16.7 Å². The van der Waals surface area contributed by atoms with Crippen molar-refractivity contribution >= 4 is 224 Å². The highest BCUT2D eigenvalue weighted by Crippen LogP contribution is 2.50. The van der Waals surface area contributed by atoms with Gasteiger partial charge in [-0.05, 0) is 278 Å². The Morgan fingerprint density at radius 3 is 0.925 bits per heavy atom. The largest absolute Gasteiger partial charge is 0.456 e. The monoisotopic (exact) mass is 1890 g/mol. The summed E-state index contributed by atoms with van der Waals surface area (Å²) in [5, 5.41) is 21.9. The van der Waals surface area contributed by atoms with Gasteiger partial charge in [-0.3, -0.25) is 0 Å². The Hall–Kier alpha value is -19.3. The summed E-state index contributed by atoms with van der Waals surface area (Å²) in [6, 6.07) is 196. The van der Waals surface area contributed by atoms with Crippen molar-refractivity contribution in [1.82, 2.24) is 13.7 Å². The number of hydrogen-bond acceptors (Lipinski definition) is 6. The van der Waals surface area contributed by atoms with Gasteiger partial charge >= 0.3 is 0 Å². The predicted molar refractivity (Wildman–Crippen MR) is 623 cm³/mol. The number of furan rings is 2. The first kappa shape index (κ1) is 85.6. The van der Waals surface area contributed by atoms with E-state index in [-0.39, 0.29) is 0 Å². The molecule has 0 atom stereocenters. The maximum Gasteiger partial charge on any atom is 0.159 e. The summed E-state index contributed by atoms with van der Waals surface area (Å²) >= 11 is 1.87. The molecule has 0 unspecified atom stereocenters. The summed E-state index contributed by atoms with van der Waals surface area (Å²) in [6.45, 7) is 0. The molecule has 8 nitrogen and oxygen atoms in total. The quantitative estimate of drug-likeness (QED) is 0.102. The minimum absolute atomic E-state index is 0.876. The van der Waals surface area contributed by atoms with E-state index in [1.807, 2.05) is 35.6 Å². The first-order chi connectivity index (χ1) is 72.9. The van der Waals surface area contributed by atoms with Crippen molar-refractivity contribution in [3.63, 3.8) is 0 Å². The van der Waals surface area contributed by atoms with Gasteiger partial charge in [0.05, 0.1) is 49.2 Å². The summed E-state index contributed by atoms with van der Waals surface area (Å²) in [5.41, 5.74) is 31.4. The Kier molecular flexibility index (Phi) is 21.0. The van der Waals surface area contributed by atoms with E-state index < -0.39 is 0 Å². The van der Waals surface area contributed by atoms with Gasteiger partial charge < -0.3 is 37.2 Å². The molecule has 24 aromatic carbocycles. The maximum absolute atomic E-state index is 6.55. The number of anilines is 9. The summed E-state index contributed by atoms with van der Waals surface area (Å²) in [7, 11) is 0. The number of thiophene rings is 1. The third-order valence-corrected chi connectivity index (χ3v) is 30.5. The average molecular weight is 1900 g/mol. The van der Waals surface area contributed by atoms with Crippen LogP contribution in [-0.2, 0) is 0 Å². The van der Waals surface area contributed by atoms with E-state index in [4.69, 9.17) is 8.83 Å². The molecule has 6 aromatic heterocycles. The Labute approximate surface area is 851 Å². The number of fused-ring (bicyclic) bond motifs is 21. The molecule has 0 aliphatic heterocycles. The van der Waals surface area contributed by atoms with Crippen LogP contribution in [-0.4, -0.2) is 13.7 Å². The van der Waals surface area contributed by atoms with E-state index in [1.54, 1.807) is 0 Å². The summed E-state index contributed by atoms with van der Waals surface area (Å²) in [6.07, 6.45) is 0. The first-order valence-corrected chi connectivity index (χ1v) is 50.9. The number of rotatable bonds is 15. The normalized spacial score (nSPS) is 11.7. The van der Waals surface area contributed by atoms with Gasteiger partial charge in [0.2, 0.25) is 0 Å². The van der Waals surface area contributed by atoms with Gasteiger partial charge in [0.25, 0.3) is 0 Å². The molecule has 0 saturated heterocycles. The van der Waals surface area contributed by atoms with E-state index in [1.165, 1.54) is 174 Å². The molecule has 30 aromatic rings. The van der Waals surface area contributed by atoms with Gasteiger partial charge in [0.15, 0.2) is 5.58 Å². The van der Waals surface area contributed by atoms with E-state index in [9.17, 15) is 0 Å². The third-order valence-electron chi connectivity index (χ3n) is 29.3. The third kappa shape index (κ3) is 15.1. The Bertz CT molecular complexity index is 9940. The molecule has 0 saturated carbocycles. The molecular formula is C138H90N6O2S. The van der Waals surface area contributed by atoms with Gasteiger partial charge in [-0.2, -0.15) is 0 Å². The Balaban J connectivity index is 0.000000107. The number of benzene rings is 24. The van der Waals surface area contributed by atoms with Crippen LogP contribution >= 0.6 is 11.3 Å². The Morgan fingerprint density at radius 2 is 0.469 bits per heavy atom. The fourth-order valence-electron chi connectivity index (χ4n) is 22.4. The first-order valence-electron chi connectivity index (χ1n) is 50.0. The standard InChI is InChI=1S/2C46H30N2O.C46H30N2S/c1-2-13-35(14-3-1)48-42-18-8-6-15-38(42)41-30-34(24-28-43(41)48)32-21-25-36(26-22-32)47(37-27-23-31-11-4-5-12-33(31)29-37)44-19-10-17-40-39-16-7-9-20-45(39)49-46(40)44;1-2-12-35(13-3-1)48-43-16-8-6-14-39(43)41-29-34(21-26-44(41)48)32-18-22-36(23-19-32)47(37-24-20-31-10-4-5-11-33(31)28-37)38-25-27-46-42(30-38)40-15-7-9-17-45(40)49-46;1-2-13-35(14-3-1)48-42-18-8-6-15-38(42)41-30-34(24-28-43(41)48)32-21-25-36(26-22-32)47(37-27-23-31-11-4-5-12-33(31)29-37)44-19-10-17-40-39-16-7-9-20-45(39)49-46(40)44/h3*1-30H. The lowest BCUT2D eigenvalue weighted by Gasteiger charge is -2.26. The van der Waals surface area contributed by atoms with Crippen LogP contribution in [0.25, 0.3) is 212 Å². The molecule has 0 spiro atoms. The summed E-state index contributed by atoms with van der Waals surface area (Å²) < 4.78 is 22.4. The topological polar surface area (TPSA) is 50.8 Å². The van der Waals surface area contributed by atoms with Crippen molar-refractivity contribution in [2.45, 2.75) is 0 Å². The zero-order chi connectivity index (χ0) is 96.9. The van der Waals surface area contributed by atoms with Crippen LogP contribution in [0, 0.1) is 0 Å². The zero-order valence-corrected chi connectivity index (χ0v) is 80.7. The van der Waals surface area contributed by atoms with Crippen LogP contribution in [0.3, 0.4) is 0 Å². The highest BCUT2D eigenvalue weighted by molar-refractivity contribution is 7.26. The fourth-order valence-corrected chi connectivity index (χ4v) is 23.6. The molecule has 690 valence electrons. The zero-order valence-electron chi connectivity index (χ0n) is 79.9. The highest BCUT2D eigenvalue weighted by atomic mass is 32.1. The van der Waals surface area contributed by atoms with Crippen molar-refractivity contribution < 1.29 is 8.83 Å². The van der Waals surface area contributed by atoms with E-state index in [2.05, 4.69) is 550 Å². The summed E-state index contributed by atoms with van der Waals surface area (Å²) in [4.78, 5) is 7.08. The van der Waals surface area contributed by atoms with Gasteiger partial charge in [0, 0.05) is 126 Å². The molecule has 0 N–H and O–H groups in total. The van der Waals surface area contributed by atoms with Crippen LogP contribution in [0.15, 0.2) is 555 Å². The minimum Gasteiger partial charge on any atom is -0.456 e. The molecule has 147 heavy (non-hydrogen) atoms. The van der Waals surface area contributed by atoms with Crippen LogP contribution in [0.5, 0.6) is 0 Å². The van der Waals surface area contributed by atoms with Crippen molar-refractivity contribution in [3.8, 4) is 50.4 Å². The van der Waals surface area contributed by atoms with Crippen LogP contribution in [0.1, 0.15) is 0 Å². The average Bonchev–Trinajstić information content (AvgIpc) is 1.58. The minimum atomic E-state index is 0.876. The molecule has 0 radical (unpaired) electrons. The number of para-hydroxylation sites is 9. The van der Waals surface area contributed by atoms with E-state index in [0.29, 0.717) is 0 Å². The van der Waals surface area contributed by atoms with Crippen molar-refractivity contribution in [2.75, 3.05) is 14.7 Å². The molecule has 0 aliphatic carbocycles. The van der Waals surface area contributed by atoms with Crippen LogP contribution < -0.4 is 14.7 Å². The molecule has 0 amide bonds. The lowest BCUT2D eigenvalue weighted by molar-refractivity contribution is 0.668. The Morgan fingerprint density at radius 1 is 0.163 bits per heavy atom. The molecule has 30 rings (SSSR count). The number of nitrogens with zero attached hydrogens (tertiary/aromatic N) is 6. The van der Waals surface area contributed by atoms with Crippen LogP contribution in [0.4, 0.5) is 51.2 Å². The van der Waals surface area contributed by atoms with Gasteiger partial charge in [-0.1, -0.05) is 334 Å². The van der Waals surface area contributed by atoms with E-state index >= 15 is 0 Å². The molecule has 6 heterocycles. The highest BCUT2D eigenvalue weighted by Gasteiger charge is 2.26.